The number of hydrogen-bond donors (Lipinski definition) is 2. The van der Waals surface area contributed by atoms with Crippen LogP contribution in [0.3, 0.4) is 0 Å². The third-order valence-electron chi connectivity index (χ3n) is 3.89. The molecule has 0 radical (unpaired) electrons. The first-order valence-electron chi connectivity index (χ1n) is 6.84. The summed E-state index contributed by atoms with van der Waals surface area (Å²) in [5.41, 5.74) is 1.19. The molecule has 1 aliphatic carbocycles. The van der Waals surface area contributed by atoms with E-state index in [0.717, 1.165) is 19.3 Å². The van der Waals surface area contributed by atoms with Gasteiger partial charge in [-0.1, -0.05) is 15.9 Å². The molecule has 1 aromatic carbocycles. The highest BCUT2D eigenvalue weighted by molar-refractivity contribution is 9.10. The number of aliphatic hydroxyl groups excluding tert-OH is 1. The van der Waals surface area contributed by atoms with Gasteiger partial charge in [0, 0.05) is 17.6 Å². The van der Waals surface area contributed by atoms with Crippen molar-refractivity contribution in [2.75, 3.05) is 7.11 Å². The number of hydrogen-bond acceptors (Lipinski definition) is 4. The van der Waals surface area contributed by atoms with Crippen LogP contribution in [-0.2, 0) is 21.4 Å². The molecule has 21 heavy (non-hydrogen) atoms. The highest BCUT2D eigenvalue weighted by atomic mass is 79.9. The quantitative estimate of drug-likeness (QED) is 0.823. The van der Waals surface area contributed by atoms with E-state index in [1.54, 1.807) is 20.1 Å². The Kier molecular flexibility index (Phi) is 5.43. The number of benzene rings is 1. The molecule has 0 bridgehead atoms. The van der Waals surface area contributed by atoms with Crippen molar-refractivity contribution >= 4 is 26.0 Å². The minimum absolute atomic E-state index is 0.0791. The third-order valence-corrected chi connectivity index (χ3v) is 6.33. The lowest BCUT2D eigenvalue weighted by molar-refractivity contribution is 0.0916. The molecule has 7 heteroatoms. The van der Waals surface area contributed by atoms with Crippen LogP contribution in [0.15, 0.2) is 21.5 Å². The second kappa shape index (κ2) is 6.75. The summed E-state index contributed by atoms with van der Waals surface area (Å²) < 4.78 is 34.0. The van der Waals surface area contributed by atoms with Crippen molar-refractivity contribution in [2.24, 2.45) is 0 Å². The second-order valence-electron chi connectivity index (χ2n) is 5.29. The molecular weight excluding hydrogens is 358 g/mol. The lowest BCUT2D eigenvalue weighted by atomic mass is 10.2. The van der Waals surface area contributed by atoms with E-state index in [4.69, 9.17) is 4.74 Å². The van der Waals surface area contributed by atoms with E-state index in [0.29, 0.717) is 15.6 Å². The molecule has 1 fully saturated rings. The summed E-state index contributed by atoms with van der Waals surface area (Å²) in [7, 11) is -2.04. The van der Waals surface area contributed by atoms with Gasteiger partial charge in [-0.15, -0.1) is 0 Å². The van der Waals surface area contributed by atoms with Gasteiger partial charge < -0.3 is 9.84 Å². The van der Waals surface area contributed by atoms with E-state index in [1.165, 1.54) is 6.07 Å². The van der Waals surface area contributed by atoms with E-state index >= 15 is 0 Å². The van der Waals surface area contributed by atoms with Crippen LogP contribution >= 0.6 is 15.9 Å². The normalized spacial score (nSPS) is 22.7. The fourth-order valence-electron chi connectivity index (χ4n) is 2.68. The van der Waals surface area contributed by atoms with Crippen LogP contribution in [0.5, 0.6) is 0 Å². The van der Waals surface area contributed by atoms with Crippen molar-refractivity contribution in [1.82, 2.24) is 4.72 Å². The molecule has 0 spiro atoms. The van der Waals surface area contributed by atoms with Crippen LogP contribution in [0.2, 0.25) is 0 Å². The van der Waals surface area contributed by atoms with Gasteiger partial charge in [0.15, 0.2) is 0 Å². The van der Waals surface area contributed by atoms with Crippen LogP contribution in [0.1, 0.15) is 30.4 Å². The summed E-state index contributed by atoms with van der Waals surface area (Å²) in [4.78, 5) is 0.197. The van der Waals surface area contributed by atoms with Gasteiger partial charge in [-0.25, -0.2) is 13.1 Å². The third kappa shape index (κ3) is 3.65. The summed E-state index contributed by atoms with van der Waals surface area (Å²) >= 11 is 3.34. The molecule has 2 atom stereocenters. The van der Waals surface area contributed by atoms with Crippen LogP contribution in [-0.4, -0.2) is 32.8 Å². The molecule has 1 aromatic rings. The molecule has 2 unspecified atom stereocenters. The molecule has 5 nitrogen and oxygen atoms in total. The predicted octanol–water partition coefficient (Wildman–Crippen LogP) is 2.10. The molecule has 2 N–H and O–H groups in total. The van der Waals surface area contributed by atoms with E-state index in [2.05, 4.69) is 20.7 Å². The summed E-state index contributed by atoms with van der Waals surface area (Å²) in [6.07, 6.45) is 2.51. The number of methoxy groups -OCH3 is 1. The zero-order valence-electron chi connectivity index (χ0n) is 12.1. The molecule has 0 aliphatic heterocycles. The van der Waals surface area contributed by atoms with Gasteiger partial charge >= 0.3 is 0 Å². The summed E-state index contributed by atoms with van der Waals surface area (Å²) in [5, 5.41) is 9.25. The molecule has 0 aromatic heterocycles. The topological polar surface area (TPSA) is 75.6 Å². The Bertz CT molecular complexity index is 618. The Balaban J connectivity index is 2.33. The Morgan fingerprint density at radius 1 is 1.43 bits per heavy atom. The minimum atomic E-state index is -3.64. The summed E-state index contributed by atoms with van der Waals surface area (Å²) in [5.74, 6) is 0. The first-order chi connectivity index (χ1) is 9.89. The Labute approximate surface area is 133 Å². The average molecular weight is 378 g/mol. The Morgan fingerprint density at radius 3 is 2.76 bits per heavy atom. The number of nitrogens with one attached hydrogen (secondary N) is 1. The maximum atomic E-state index is 12.6. The zero-order valence-corrected chi connectivity index (χ0v) is 14.5. The molecular formula is C14H20BrNO4S. The Morgan fingerprint density at radius 2 is 2.14 bits per heavy atom. The van der Waals surface area contributed by atoms with E-state index in [-0.39, 0.29) is 23.6 Å². The fraction of sp³-hybridized carbons (Fsp3) is 0.571. The van der Waals surface area contributed by atoms with E-state index < -0.39 is 10.0 Å². The first-order valence-corrected chi connectivity index (χ1v) is 9.11. The van der Waals surface area contributed by atoms with Crippen molar-refractivity contribution in [2.45, 2.75) is 49.8 Å². The monoisotopic (exact) mass is 377 g/mol. The minimum Gasteiger partial charge on any atom is -0.392 e. The van der Waals surface area contributed by atoms with Gasteiger partial charge in [-0.05, 0) is 49.4 Å². The molecule has 0 heterocycles. The maximum Gasteiger partial charge on any atom is 0.241 e. The number of ether oxygens (including phenoxy) is 1. The number of aliphatic hydroxyl groups is 1. The molecule has 1 saturated carbocycles. The Hall–Kier alpha value is -0.470. The van der Waals surface area contributed by atoms with Gasteiger partial charge in [0.2, 0.25) is 10.0 Å². The number of halogens is 1. The van der Waals surface area contributed by atoms with Gasteiger partial charge in [-0.3, -0.25) is 0 Å². The number of sulfonamides is 1. The fourth-order valence-corrected chi connectivity index (χ4v) is 4.94. The standard InChI is InChI=1S/C14H20BrNO4S/c1-9-11(15)6-10(8-17)7-14(9)21(18,19)16-12-4-3-5-13(12)20-2/h6-7,12-13,16-17H,3-5,8H2,1-2H3. The van der Waals surface area contributed by atoms with Gasteiger partial charge in [-0.2, -0.15) is 0 Å². The van der Waals surface area contributed by atoms with Crippen molar-refractivity contribution in [3.8, 4) is 0 Å². The molecule has 2 rings (SSSR count). The molecule has 0 amide bonds. The van der Waals surface area contributed by atoms with Crippen molar-refractivity contribution < 1.29 is 18.3 Å². The van der Waals surface area contributed by atoms with Crippen molar-refractivity contribution in [1.29, 1.82) is 0 Å². The summed E-state index contributed by atoms with van der Waals surface area (Å²) in [6, 6.07) is 3.04. The maximum absolute atomic E-state index is 12.6. The highest BCUT2D eigenvalue weighted by Crippen LogP contribution is 2.28. The SMILES string of the molecule is COC1CCCC1NS(=O)(=O)c1cc(CO)cc(Br)c1C. The van der Waals surface area contributed by atoms with Crippen molar-refractivity contribution in [3.05, 3.63) is 27.7 Å². The van der Waals surface area contributed by atoms with E-state index in [1.807, 2.05) is 0 Å². The van der Waals surface area contributed by atoms with Crippen LogP contribution in [0.4, 0.5) is 0 Å². The molecule has 1 aliphatic rings. The molecule has 118 valence electrons. The predicted molar refractivity (Wildman–Crippen MR) is 83.6 cm³/mol. The zero-order chi connectivity index (χ0) is 15.6. The van der Waals surface area contributed by atoms with Crippen molar-refractivity contribution in [3.63, 3.8) is 0 Å². The van der Waals surface area contributed by atoms with Gasteiger partial charge in [0.25, 0.3) is 0 Å². The van der Waals surface area contributed by atoms with Crippen LogP contribution in [0, 0.1) is 6.92 Å². The largest absolute Gasteiger partial charge is 0.392 e. The molecule has 0 saturated heterocycles. The van der Waals surface area contributed by atoms with Gasteiger partial charge in [0.05, 0.1) is 17.6 Å². The summed E-state index contributed by atoms with van der Waals surface area (Å²) in [6.45, 7) is 1.54. The van der Waals surface area contributed by atoms with Crippen LogP contribution < -0.4 is 4.72 Å². The van der Waals surface area contributed by atoms with E-state index in [9.17, 15) is 13.5 Å². The van der Waals surface area contributed by atoms with Crippen LogP contribution in [0.25, 0.3) is 0 Å². The highest BCUT2D eigenvalue weighted by Gasteiger charge is 2.32. The first kappa shape index (κ1) is 16.9. The smallest absolute Gasteiger partial charge is 0.241 e. The van der Waals surface area contributed by atoms with Gasteiger partial charge in [0.1, 0.15) is 0 Å². The second-order valence-corrected chi connectivity index (χ2v) is 7.83. The average Bonchev–Trinajstić information content (AvgIpc) is 2.87. The number of rotatable bonds is 5. The lowest BCUT2D eigenvalue weighted by Gasteiger charge is -2.20. The lowest BCUT2D eigenvalue weighted by Crippen LogP contribution is -2.40.